The first-order valence-corrected chi connectivity index (χ1v) is 5.06. The molecule has 0 aromatic heterocycles. The van der Waals surface area contributed by atoms with Gasteiger partial charge in [-0.2, -0.15) is 0 Å². The molecule has 2 heteroatoms. The molecule has 1 aliphatic heterocycles. The molecule has 1 aliphatic rings. The number of rotatable bonds is 1. The van der Waals surface area contributed by atoms with Crippen molar-refractivity contribution in [3.05, 3.63) is 36.8 Å². The van der Waals surface area contributed by atoms with Gasteiger partial charge in [0.15, 0.2) is 0 Å². The molecule has 0 aliphatic carbocycles. The minimum absolute atomic E-state index is 0.632. The van der Waals surface area contributed by atoms with Crippen LogP contribution in [0.3, 0.4) is 0 Å². The summed E-state index contributed by atoms with van der Waals surface area (Å²) in [5.41, 5.74) is 2.25. The van der Waals surface area contributed by atoms with Gasteiger partial charge in [-0.25, -0.2) is 0 Å². The van der Waals surface area contributed by atoms with Gasteiger partial charge in [0.05, 0.1) is 11.4 Å². The smallest absolute Gasteiger partial charge is 0.0567 e. The molecule has 14 heavy (non-hydrogen) atoms. The van der Waals surface area contributed by atoms with E-state index in [-0.39, 0.29) is 0 Å². The molecular weight excluding hydrogens is 172 g/mol. The zero-order chi connectivity index (χ0) is 10.7. The molecule has 1 saturated heterocycles. The number of allylic oxidation sites excluding steroid dienone is 1. The maximum atomic E-state index is 4.11. The first kappa shape index (κ1) is 10.9. The molecule has 0 radical (unpaired) electrons. The third-order valence-corrected chi connectivity index (χ3v) is 2.64. The summed E-state index contributed by atoms with van der Waals surface area (Å²) in [5, 5.41) is 0. The maximum absolute atomic E-state index is 4.11. The van der Waals surface area contributed by atoms with Crippen LogP contribution in [0.2, 0.25) is 0 Å². The van der Waals surface area contributed by atoms with Crippen molar-refractivity contribution >= 4 is 0 Å². The molecule has 0 amide bonds. The van der Waals surface area contributed by atoms with E-state index in [4.69, 9.17) is 0 Å². The summed E-state index contributed by atoms with van der Waals surface area (Å²) in [5.74, 6) is 0.632. The van der Waals surface area contributed by atoms with Crippen LogP contribution in [0.15, 0.2) is 36.8 Å². The van der Waals surface area contributed by atoms with E-state index in [2.05, 4.69) is 43.0 Å². The van der Waals surface area contributed by atoms with Crippen LogP contribution in [0.1, 0.15) is 13.8 Å². The molecule has 1 rings (SSSR count). The lowest BCUT2D eigenvalue weighted by Crippen LogP contribution is -2.22. The second-order valence-electron chi connectivity index (χ2n) is 3.94. The number of hydrogen-bond donors (Lipinski definition) is 0. The molecule has 1 atom stereocenters. The molecule has 0 bridgehead atoms. The van der Waals surface area contributed by atoms with E-state index in [1.165, 1.54) is 5.70 Å². The Morgan fingerprint density at radius 2 is 2.07 bits per heavy atom. The fourth-order valence-electron chi connectivity index (χ4n) is 2.01. The molecular formula is C12H20N2. The van der Waals surface area contributed by atoms with Crippen molar-refractivity contribution in [1.29, 1.82) is 0 Å². The molecule has 0 saturated carbocycles. The van der Waals surface area contributed by atoms with E-state index in [0.717, 1.165) is 18.8 Å². The average molecular weight is 192 g/mol. The molecule has 0 N–H and O–H groups in total. The van der Waals surface area contributed by atoms with E-state index >= 15 is 0 Å². The standard InChI is InChI=1S/C12H20N2/c1-6-12-11(4)14(7-2)9-10(3)8-13(12)5/h6-7,10H,2,4,8-9H2,1,3,5H3/b12-6+/t10-/m1/s1. The van der Waals surface area contributed by atoms with Crippen molar-refractivity contribution in [1.82, 2.24) is 9.80 Å². The highest BCUT2D eigenvalue weighted by molar-refractivity contribution is 5.28. The Hall–Kier alpha value is -1.18. The van der Waals surface area contributed by atoms with Crippen molar-refractivity contribution in [2.45, 2.75) is 13.8 Å². The van der Waals surface area contributed by atoms with Crippen molar-refractivity contribution in [2.75, 3.05) is 20.1 Å². The number of hydrogen-bond acceptors (Lipinski definition) is 2. The van der Waals surface area contributed by atoms with Crippen molar-refractivity contribution in [3.8, 4) is 0 Å². The Bertz CT molecular complexity index is 265. The van der Waals surface area contributed by atoms with Crippen LogP contribution in [0.5, 0.6) is 0 Å². The van der Waals surface area contributed by atoms with Crippen LogP contribution in [-0.4, -0.2) is 29.9 Å². The van der Waals surface area contributed by atoms with Gasteiger partial charge in [0.2, 0.25) is 0 Å². The highest BCUT2D eigenvalue weighted by Gasteiger charge is 2.21. The maximum Gasteiger partial charge on any atom is 0.0567 e. The molecule has 2 nitrogen and oxygen atoms in total. The molecule has 0 spiro atoms. The minimum atomic E-state index is 0.632. The van der Waals surface area contributed by atoms with Gasteiger partial charge in [-0.15, -0.1) is 0 Å². The van der Waals surface area contributed by atoms with E-state index in [9.17, 15) is 0 Å². The van der Waals surface area contributed by atoms with Gasteiger partial charge in [0.1, 0.15) is 0 Å². The van der Waals surface area contributed by atoms with E-state index in [0.29, 0.717) is 5.92 Å². The Kier molecular flexibility index (Phi) is 3.39. The Morgan fingerprint density at radius 3 is 2.57 bits per heavy atom. The van der Waals surface area contributed by atoms with Crippen LogP contribution in [0.4, 0.5) is 0 Å². The summed E-state index contributed by atoms with van der Waals surface area (Å²) >= 11 is 0. The third-order valence-electron chi connectivity index (χ3n) is 2.64. The molecule has 0 aromatic rings. The molecule has 0 unspecified atom stereocenters. The summed E-state index contributed by atoms with van der Waals surface area (Å²) in [4.78, 5) is 4.39. The predicted molar refractivity (Wildman–Crippen MR) is 61.6 cm³/mol. The molecule has 1 fully saturated rings. The van der Waals surface area contributed by atoms with Crippen LogP contribution in [0.25, 0.3) is 0 Å². The monoisotopic (exact) mass is 192 g/mol. The normalized spacial score (nSPS) is 26.6. The fourth-order valence-corrected chi connectivity index (χ4v) is 2.01. The fraction of sp³-hybridized carbons (Fsp3) is 0.500. The first-order chi connectivity index (χ1) is 6.60. The Labute approximate surface area is 87.2 Å². The molecule has 1 heterocycles. The van der Waals surface area contributed by atoms with Crippen LogP contribution >= 0.6 is 0 Å². The van der Waals surface area contributed by atoms with E-state index < -0.39 is 0 Å². The summed E-state index contributed by atoms with van der Waals surface area (Å²) in [7, 11) is 2.11. The first-order valence-electron chi connectivity index (χ1n) is 5.06. The minimum Gasteiger partial charge on any atom is -0.373 e. The van der Waals surface area contributed by atoms with Gasteiger partial charge in [0.25, 0.3) is 0 Å². The number of nitrogens with zero attached hydrogens (tertiary/aromatic N) is 2. The van der Waals surface area contributed by atoms with Crippen LogP contribution in [0, 0.1) is 5.92 Å². The van der Waals surface area contributed by atoms with Crippen molar-refractivity contribution in [2.24, 2.45) is 5.92 Å². The Balaban J connectivity index is 2.97. The molecule has 0 aromatic carbocycles. The van der Waals surface area contributed by atoms with Gasteiger partial charge in [-0.3, -0.25) is 0 Å². The van der Waals surface area contributed by atoms with E-state index in [1.807, 2.05) is 13.1 Å². The van der Waals surface area contributed by atoms with Gasteiger partial charge in [0, 0.05) is 20.1 Å². The zero-order valence-electron chi connectivity index (χ0n) is 9.45. The largest absolute Gasteiger partial charge is 0.373 e. The lowest BCUT2D eigenvalue weighted by Gasteiger charge is -2.24. The second-order valence-corrected chi connectivity index (χ2v) is 3.94. The van der Waals surface area contributed by atoms with Gasteiger partial charge in [-0.1, -0.05) is 26.2 Å². The quantitative estimate of drug-likeness (QED) is 0.629. The lowest BCUT2D eigenvalue weighted by molar-refractivity contribution is 0.350. The number of likely N-dealkylation sites (N-methyl/N-ethyl adjacent to an activating group) is 1. The topological polar surface area (TPSA) is 6.48 Å². The highest BCUT2D eigenvalue weighted by Crippen LogP contribution is 2.23. The lowest BCUT2D eigenvalue weighted by atomic mass is 10.2. The predicted octanol–water partition coefficient (Wildman–Crippen LogP) is 2.43. The zero-order valence-corrected chi connectivity index (χ0v) is 9.45. The van der Waals surface area contributed by atoms with Gasteiger partial charge in [-0.05, 0) is 19.0 Å². The summed E-state index contributed by atoms with van der Waals surface area (Å²) in [6, 6.07) is 0. The van der Waals surface area contributed by atoms with Crippen LogP contribution < -0.4 is 0 Å². The second kappa shape index (κ2) is 4.36. The third kappa shape index (κ3) is 2.00. The van der Waals surface area contributed by atoms with E-state index in [1.54, 1.807) is 0 Å². The SMILES string of the molecule is C=CN1C[C@H](C)CN(C)/C(=C/C)C1=C. The highest BCUT2D eigenvalue weighted by atomic mass is 15.2. The summed E-state index contributed by atoms with van der Waals surface area (Å²) < 4.78 is 0. The van der Waals surface area contributed by atoms with Crippen molar-refractivity contribution in [3.63, 3.8) is 0 Å². The molecule has 78 valence electrons. The summed E-state index contributed by atoms with van der Waals surface area (Å²) in [6.45, 7) is 14.3. The van der Waals surface area contributed by atoms with Gasteiger partial charge >= 0.3 is 0 Å². The van der Waals surface area contributed by atoms with Crippen LogP contribution in [-0.2, 0) is 0 Å². The average Bonchev–Trinajstić information content (AvgIpc) is 2.23. The summed E-state index contributed by atoms with van der Waals surface area (Å²) in [6.07, 6.45) is 3.97. The van der Waals surface area contributed by atoms with Gasteiger partial charge < -0.3 is 9.80 Å². The Morgan fingerprint density at radius 1 is 1.43 bits per heavy atom. The van der Waals surface area contributed by atoms with Crippen molar-refractivity contribution < 1.29 is 0 Å².